The second-order valence-corrected chi connectivity index (χ2v) is 5.28. The topological polar surface area (TPSA) is 46.9 Å². The van der Waals surface area contributed by atoms with Gasteiger partial charge < -0.3 is 19.2 Å². The predicted octanol–water partition coefficient (Wildman–Crippen LogP) is 2.40. The first-order chi connectivity index (χ1) is 10.3. The summed E-state index contributed by atoms with van der Waals surface area (Å²) >= 11 is 0. The number of hydrogen-bond donors (Lipinski definition) is 1. The largest absolute Gasteiger partial charge is 0.468 e. The van der Waals surface area contributed by atoms with E-state index in [0.29, 0.717) is 6.79 Å². The molecule has 3 rings (SSSR count). The van der Waals surface area contributed by atoms with Crippen molar-refractivity contribution in [1.82, 2.24) is 10.2 Å². The maximum Gasteiger partial charge on any atom is 0.231 e. The molecule has 0 saturated carbocycles. The molecule has 5 heteroatoms. The molecule has 0 radical (unpaired) electrons. The van der Waals surface area contributed by atoms with Gasteiger partial charge in [0, 0.05) is 18.7 Å². The van der Waals surface area contributed by atoms with Crippen LogP contribution in [0, 0.1) is 0 Å². The molecule has 1 unspecified atom stereocenters. The van der Waals surface area contributed by atoms with Crippen LogP contribution >= 0.6 is 0 Å². The summed E-state index contributed by atoms with van der Waals surface area (Å²) in [5.74, 6) is 2.64. The number of para-hydroxylation sites is 1. The zero-order valence-corrected chi connectivity index (χ0v) is 12.3. The van der Waals surface area contributed by atoms with E-state index in [0.717, 1.165) is 35.9 Å². The summed E-state index contributed by atoms with van der Waals surface area (Å²) in [5, 5.41) is 3.46. The number of rotatable bonds is 6. The van der Waals surface area contributed by atoms with Gasteiger partial charge in [-0.15, -0.1) is 0 Å². The van der Waals surface area contributed by atoms with Crippen molar-refractivity contribution in [3.63, 3.8) is 0 Å². The minimum Gasteiger partial charge on any atom is -0.468 e. The third-order valence-corrected chi connectivity index (χ3v) is 3.63. The van der Waals surface area contributed by atoms with Gasteiger partial charge in [-0.1, -0.05) is 12.1 Å². The van der Waals surface area contributed by atoms with Gasteiger partial charge in [-0.2, -0.15) is 0 Å². The third-order valence-electron chi connectivity index (χ3n) is 3.63. The Hall–Kier alpha value is -1.98. The number of fused-ring (bicyclic) bond motifs is 1. The van der Waals surface area contributed by atoms with Crippen molar-refractivity contribution in [2.45, 2.75) is 12.6 Å². The summed E-state index contributed by atoms with van der Waals surface area (Å²) in [4.78, 5) is 2.14. The van der Waals surface area contributed by atoms with E-state index in [1.807, 2.05) is 38.4 Å². The number of furan rings is 1. The lowest BCUT2D eigenvalue weighted by atomic mass is 10.1. The standard InChI is InChI=1S/C16H20N2O3/c1-18(2)13(14-7-4-8-19-14)10-17-9-12-5-3-6-15-16(12)21-11-20-15/h3-8,13,17H,9-11H2,1-2H3. The van der Waals surface area contributed by atoms with E-state index >= 15 is 0 Å². The van der Waals surface area contributed by atoms with E-state index in [-0.39, 0.29) is 6.04 Å². The van der Waals surface area contributed by atoms with Crippen molar-refractivity contribution < 1.29 is 13.9 Å². The summed E-state index contributed by atoms with van der Waals surface area (Å²) < 4.78 is 16.4. The van der Waals surface area contributed by atoms with Crippen molar-refractivity contribution in [2.75, 3.05) is 27.4 Å². The molecule has 1 aliphatic rings. The Balaban J connectivity index is 1.62. The van der Waals surface area contributed by atoms with Gasteiger partial charge in [0.1, 0.15) is 5.76 Å². The zero-order valence-electron chi connectivity index (χ0n) is 12.3. The molecule has 21 heavy (non-hydrogen) atoms. The number of nitrogens with zero attached hydrogens (tertiary/aromatic N) is 1. The number of benzene rings is 1. The molecule has 1 N–H and O–H groups in total. The maximum absolute atomic E-state index is 5.52. The van der Waals surface area contributed by atoms with Crippen molar-refractivity contribution in [1.29, 1.82) is 0 Å². The molecular formula is C16H20N2O3. The van der Waals surface area contributed by atoms with Crippen LogP contribution < -0.4 is 14.8 Å². The Labute approximate surface area is 124 Å². The van der Waals surface area contributed by atoms with E-state index in [9.17, 15) is 0 Å². The van der Waals surface area contributed by atoms with Gasteiger partial charge in [-0.3, -0.25) is 4.90 Å². The Bertz CT molecular complexity index is 581. The normalized spacial score (nSPS) is 14.6. The van der Waals surface area contributed by atoms with Crippen molar-refractivity contribution >= 4 is 0 Å². The second kappa shape index (κ2) is 6.20. The SMILES string of the molecule is CN(C)C(CNCc1cccc2c1OCO2)c1ccco1. The number of ether oxygens (including phenoxy) is 2. The van der Waals surface area contributed by atoms with E-state index in [2.05, 4.69) is 16.3 Å². The fraction of sp³-hybridized carbons (Fsp3) is 0.375. The lowest BCUT2D eigenvalue weighted by Crippen LogP contribution is -2.30. The van der Waals surface area contributed by atoms with Gasteiger partial charge in [-0.25, -0.2) is 0 Å². The van der Waals surface area contributed by atoms with Gasteiger partial charge in [0.05, 0.1) is 12.3 Å². The molecule has 1 aliphatic heterocycles. The number of likely N-dealkylation sites (N-methyl/N-ethyl adjacent to an activating group) is 1. The van der Waals surface area contributed by atoms with Crippen LogP contribution in [0.3, 0.4) is 0 Å². The molecule has 1 aromatic carbocycles. The van der Waals surface area contributed by atoms with Crippen LogP contribution in [0.1, 0.15) is 17.4 Å². The van der Waals surface area contributed by atoms with E-state index < -0.39 is 0 Å². The molecule has 0 aliphatic carbocycles. The summed E-state index contributed by atoms with van der Waals surface area (Å²) in [7, 11) is 4.10. The highest BCUT2D eigenvalue weighted by molar-refractivity contribution is 5.48. The van der Waals surface area contributed by atoms with Crippen LogP contribution in [0.4, 0.5) is 0 Å². The molecule has 0 fully saturated rings. The van der Waals surface area contributed by atoms with Crippen LogP contribution in [0.2, 0.25) is 0 Å². The van der Waals surface area contributed by atoms with Crippen molar-refractivity contribution in [3.05, 3.63) is 47.9 Å². The number of hydrogen-bond acceptors (Lipinski definition) is 5. The highest BCUT2D eigenvalue weighted by atomic mass is 16.7. The Kier molecular flexibility index (Phi) is 4.13. The van der Waals surface area contributed by atoms with E-state index in [1.165, 1.54) is 0 Å². The summed E-state index contributed by atoms with van der Waals surface area (Å²) in [6.45, 7) is 1.84. The molecule has 1 aromatic heterocycles. The molecule has 0 bridgehead atoms. The monoisotopic (exact) mass is 288 g/mol. The van der Waals surface area contributed by atoms with Crippen LogP contribution in [0.5, 0.6) is 11.5 Å². The minimum absolute atomic E-state index is 0.203. The summed E-state index contributed by atoms with van der Waals surface area (Å²) in [6.07, 6.45) is 1.71. The third kappa shape index (κ3) is 3.04. The average molecular weight is 288 g/mol. The van der Waals surface area contributed by atoms with E-state index in [1.54, 1.807) is 6.26 Å². The van der Waals surface area contributed by atoms with Gasteiger partial charge in [0.2, 0.25) is 6.79 Å². The van der Waals surface area contributed by atoms with Gasteiger partial charge in [-0.05, 0) is 32.3 Å². The first-order valence-electron chi connectivity index (χ1n) is 7.03. The quantitative estimate of drug-likeness (QED) is 0.884. The van der Waals surface area contributed by atoms with Gasteiger partial charge >= 0.3 is 0 Å². The second-order valence-electron chi connectivity index (χ2n) is 5.28. The van der Waals surface area contributed by atoms with Crippen LogP contribution in [0.25, 0.3) is 0 Å². The van der Waals surface area contributed by atoms with Gasteiger partial charge in [0.25, 0.3) is 0 Å². The van der Waals surface area contributed by atoms with Crippen molar-refractivity contribution in [2.24, 2.45) is 0 Å². The highest BCUT2D eigenvalue weighted by Crippen LogP contribution is 2.35. The zero-order chi connectivity index (χ0) is 14.7. The molecule has 1 atom stereocenters. The molecular weight excluding hydrogens is 268 g/mol. The molecule has 0 saturated heterocycles. The molecule has 0 spiro atoms. The summed E-state index contributed by atoms with van der Waals surface area (Å²) in [5.41, 5.74) is 1.11. The molecule has 0 amide bonds. The van der Waals surface area contributed by atoms with Crippen LogP contribution in [-0.4, -0.2) is 32.3 Å². The lowest BCUT2D eigenvalue weighted by Gasteiger charge is -2.22. The van der Waals surface area contributed by atoms with E-state index in [4.69, 9.17) is 13.9 Å². The maximum atomic E-state index is 5.52. The molecule has 2 heterocycles. The molecule has 5 nitrogen and oxygen atoms in total. The smallest absolute Gasteiger partial charge is 0.231 e. The summed E-state index contributed by atoms with van der Waals surface area (Å²) in [6, 6.07) is 10.1. The first kappa shape index (κ1) is 14.0. The molecule has 112 valence electrons. The van der Waals surface area contributed by atoms with Gasteiger partial charge in [0.15, 0.2) is 11.5 Å². The Morgan fingerprint density at radius 1 is 1.19 bits per heavy atom. The fourth-order valence-electron chi connectivity index (χ4n) is 2.49. The Morgan fingerprint density at radius 3 is 2.86 bits per heavy atom. The highest BCUT2D eigenvalue weighted by Gasteiger charge is 2.19. The predicted molar refractivity (Wildman–Crippen MR) is 79.4 cm³/mol. The number of nitrogens with one attached hydrogen (secondary N) is 1. The molecule has 2 aromatic rings. The minimum atomic E-state index is 0.203. The van der Waals surface area contributed by atoms with Crippen LogP contribution in [-0.2, 0) is 6.54 Å². The average Bonchev–Trinajstić information content (AvgIpc) is 3.14. The lowest BCUT2D eigenvalue weighted by molar-refractivity contribution is 0.173. The Morgan fingerprint density at radius 2 is 2.10 bits per heavy atom. The van der Waals surface area contributed by atoms with Crippen molar-refractivity contribution in [3.8, 4) is 11.5 Å². The fourth-order valence-corrected chi connectivity index (χ4v) is 2.49. The first-order valence-corrected chi connectivity index (χ1v) is 7.03. The van der Waals surface area contributed by atoms with Crippen LogP contribution in [0.15, 0.2) is 41.0 Å².